The molecule has 0 bridgehead atoms. The molecule has 1 N–H and O–H groups in total. The predicted molar refractivity (Wildman–Crippen MR) is 101 cm³/mol. The minimum atomic E-state index is 0.262. The number of aryl methyl sites for hydroxylation is 3. The van der Waals surface area contributed by atoms with E-state index in [1.54, 1.807) is 11.3 Å². The first-order chi connectivity index (χ1) is 9.93. The van der Waals surface area contributed by atoms with Gasteiger partial charge in [-0.3, -0.25) is 0 Å². The highest BCUT2D eigenvalue weighted by molar-refractivity contribution is 9.13. The summed E-state index contributed by atoms with van der Waals surface area (Å²) in [4.78, 5) is 1.34. The van der Waals surface area contributed by atoms with Gasteiger partial charge >= 0.3 is 0 Å². The van der Waals surface area contributed by atoms with E-state index in [4.69, 9.17) is 0 Å². The summed E-state index contributed by atoms with van der Waals surface area (Å²) in [6.45, 7) is 9.82. The number of halogens is 2. The van der Waals surface area contributed by atoms with Gasteiger partial charge in [0.15, 0.2) is 0 Å². The average molecular weight is 431 g/mol. The Hall–Kier alpha value is -0.160. The lowest BCUT2D eigenvalue weighted by Crippen LogP contribution is -2.24. The van der Waals surface area contributed by atoms with Gasteiger partial charge in [0, 0.05) is 9.35 Å². The maximum Gasteiger partial charge on any atom is 0.0843 e. The molecule has 0 aliphatic heterocycles. The standard InChI is InChI=1S/C17H21Br2NS/c1-5-6-20-16(14-9-13(18)17(19)21-14)15-11(3)7-10(2)8-12(15)4/h7-9,16,20H,5-6H2,1-4H3. The number of nitrogens with one attached hydrogen (secondary N) is 1. The molecule has 1 aromatic heterocycles. The van der Waals surface area contributed by atoms with Gasteiger partial charge in [0.05, 0.1) is 9.83 Å². The summed E-state index contributed by atoms with van der Waals surface area (Å²) in [7, 11) is 0. The van der Waals surface area contributed by atoms with Crippen LogP contribution in [0.4, 0.5) is 0 Å². The molecule has 0 amide bonds. The van der Waals surface area contributed by atoms with Crippen LogP contribution in [0.15, 0.2) is 26.5 Å². The lowest BCUT2D eigenvalue weighted by atomic mass is 9.93. The van der Waals surface area contributed by atoms with Crippen molar-refractivity contribution in [3.63, 3.8) is 0 Å². The molecule has 2 rings (SSSR count). The highest BCUT2D eigenvalue weighted by atomic mass is 79.9. The Labute approximate surface area is 148 Å². The number of benzene rings is 1. The topological polar surface area (TPSA) is 12.0 Å². The minimum Gasteiger partial charge on any atom is -0.306 e. The second-order valence-corrected chi connectivity index (χ2v) is 8.73. The zero-order chi connectivity index (χ0) is 15.6. The van der Waals surface area contributed by atoms with E-state index >= 15 is 0 Å². The van der Waals surface area contributed by atoms with Crippen molar-refractivity contribution in [1.82, 2.24) is 5.32 Å². The Morgan fingerprint density at radius 1 is 1.10 bits per heavy atom. The Morgan fingerprint density at radius 3 is 2.19 bits per heavy atom. The monoisotopic (exact) mass is 429 g/mol. The van der Waals surface area contributed by atoms with Gasteiger partial charge in [0.25, 0.3) is 0 Å². The maximum absolute atomic E-state index is 3.71. The smallest absolute Gasteiger partial charge is 0.0843 e. The van der Waals surface area contributed by atoms with Gasteiger partial charge in [0.2, 0.25) is 0 Å². The molecule has 0 aliphatic carbocycles. The van der Waals surface area contributed by atoms with E-state index in [2.05, 4.69) is 83.1 Å². The molecule has 1 aromatic carbocycles. The molecule has 114 valence electrons. The Morgan fingerprint density at radius 2 is 1.71 bits per heavy atom. The van der Waals surface area contributed by atoms with E-state index in [-0.39, 0.29) is 6.04 Å². The first kappa shape index (κ1) is 17.2. The largest absolute Gasteiger partial charge is 0.306 e. The zero-order valence-corrected chi connectivity index (χ0v) is 16.9. The van der Waals surface area contributed by atoms with Crippen molar-refractivity contribution in [2.45, 2.75) is 40.2 Å². The molecular formula is C17H21Br2NS. The van der Waals surface area contributed by atoms with Crippen LogP contribution >= 0.6 is 43.2 Å². The normalized spacial score (nSPS) is 12.7. The molecule has 0 saturated heterocycles. The lowest BCUT2D eigenvalue weighted by Gasteiger charge is -2.22. The molecule has 1 atom stereocenters. The summed E-state index contributed by atoms with van der Waals surface area (Å²) >= 11 is 9.02. The van der Waals surface area contributed by atoms with Crippen LogP contribution in [-0.4, -0.2) is 6.54 Å². The molecule has 0 saturated carbocycles. The fourth-order valence-electron chi connectivity index (χ4n) is 2.79. The van der Waals surface area contributed by atoms with Gasteiger partial charge < -0.3 is 5.32 Å². The van der Waals surface area contributed by atoms with Gasteiger partial charge in [-0.15, -0.1) is 11.3 Å². The number of thiophene rings is 1. The molecular weight excluding hydrogens is 410 g/mol. The van der Waals surface area contributed by atoms with Crippen molar-refractivity contribution >= 4 is 43.2 Å². The van der Waals surface area contributed by atoms with Crippen LogP contribution in [0.3, 0.4) is 0 Å². The van der Waals surface area contributed by atoms with E-state index in [9.17, 15) is 0 Å². The predicted octanol–water partition coefficient (Wildman–Crippen LogP) is 6.29. The van der Waals surface area contributed by atoms with Gasteiger partial charge in [-0.25, -0.2) is 0 Å². The van der Waals surface area contributed by atoms with E-state index < -0.39 is 0 Å². The van der Waals surface area contributed by atoms with Gasteiger partial charge in [-0.1, -0.05) is 24.6 Å². The SMILES string of the molecule is CCCNC(c1cc(Br)c(Br)s1)c1c(C)cc(C)cc1C. The van der Waals surface area contributed by atoms with Crippen LogP contribution in [0, 0.1) is 20.8 Å². The van der Waals surface area contributed by atoms with Crippen molar-refractivity contribution in [3.8, 4) is 0 Å². The van der Waals surface area contributed by atoms with E-state index in [1.165, 1.54) is 27.1 Å². The molecule has 0 radical (unpaired) electrons. The van der Waals surface area contributed by atoms with Crippen LogP contribution in [-0.2, 0) is 0 Å². The lowest BCUT2D eigenvalue weighted by molar-refractivity contribution is 0.601. The second kappa shape index (κ2) is 7.40. The molecule has 1 unspecified atom stereocenters. The van der Waals surface area contributed by atoms with Crippen molar-refractivity contribution in [1.29, 1.82) is 0 Å². The van der Waals surface area contributed by atoms with Crippen molar-refractivity contribution < 1.29 is 0 Å². The molecule has 0 aliphatic rings. The molecule has 1 nitrogen and oxygen atoms in total. The van der Waals surface area contributed by atoms with Crippen molar-refractivity contribution in [3.05, 3.63) is 53.6 Å². The summed E-state index contributed by atoms with van der Waals surface area (Å²) in [6.07, 6.45) is 1.13. The Kier molecular flexibility index (Phi) is 6.06. The maximum atomic E-state index is 3.71. The van der Waals surface area contributed by atoms with E-state index in [0.717, 1.165) is 21.2 Å². The molecule has 21 heavy (non-hydrogen) atoms. The molecule has 0 fully saturated rings. The molecule has 2 aromatic rings. The summed E-state index contributed by atoms with van der Waals surface area (Å²) in [5, 5.41) is 3.71. The average Bonchev–Trinajstić information content (AvgIpc) is 2.72. The van der Waals surface area contributed by atoms with E-state index in [1.807, 2.05) is 0 Å². The van der Waals surface area contributed by atoms with E-state index in [0.29, 0.717) is 0 Å². The zero-order valence-electron chi connectivity index (χ0n) is 12.9. The minimum absolute atomic E-state index is 0.262. The molecule has 0 spiro atoms. The second-order valence-electron chi connectivity index (χ2n) is 5.47. The molecule has 1 heterocycles. The Bertz CT molecular complexity index is 591. The highest BCUT2D eigenvalue weighted by Crippen LogP contribution is 2.39. The number of hydrogen-bond donors (Lipinski definition) is 1. The fourth-order valence-corrected chi connectivity index (χ4v) is 4.96. The third-order valence-electron chi connectivity index (χ3n) is 3.57. The van der Waals surface area contributed by atoms with Crippen LogP contribution in [0.2, 0.25) is 0 Å². The van der Waals surface area contributed by atoms with Crippen LogP contribution in [0.5, 0.6) is 0 Å². The first-order valence-corrected chi connectivity index (χ1v) is 9.60. The summed E-state index contributed by atoms with van der Waals surface area (Å²) in [5.41, 5.74) is 5.47. The van der Waals surface area contributed by atoms with Gasteiger partial charge in [-0.05, 0) is 88.4 Å². The van der Waals surface area contributed by atoms with Crippen LogP contribution < -0.4 is 5.32 Å². The van der Waals surface area contributed by atoms with Gasteiger partial charge in [-0.2, -0.15) is 0 Å². The molecule has 4 heteroatoms. The first-order valence-electron chi connectivity index (χ1n) is 7.19. The summed E-state index contributed by atoms with van der Waals surface area (Å²) < 4.78 is 2.29. The van der Waals surface area contributed by atoms with Crippen LogP contribution in [0.1, 0.15) is 46.5 Å². The van der Waals surface area contributed by atoms with Crippen molar-refractivity contribution in [2.24, 2.45) is 0 Å². The van der Waals surface area contributed by atoms with Crippen LogP contribution in [0.25, 0.3) is 0 Å². The number of hydrogen-bond acceptors (Lipinski definition) is 2. The van der Waals surface area contributed by atoms with Gasteiger partial charge in [0.1, 0.15) is 0 Å². The Balaban J connectivity index is 2.50. The third-order valence-corrected chi connectivity index (χ3v) is 6.90. The fraction of sp³-hybridized carbons (Fsp3) is 0.412. The summed E-state index contributed by atoms with van der Waals surface area (Å²) in [6, 6.07) is 7.04. The quantitative estimate of drug-likeness (QED) is 0.587. The summed E-state index contributed by atoms with van der Waals surface area (Å²) in [5.74, 6) is 0. The highest BCUT2D eigenvalue weighted by Gasteiger charge is 2.21. The number of rotatable bonds is 5. The third kappa shape index (κ3) is 3.98. The van der Waals surface area contributed by atoms with Crippen molar-refractivity contribution in [2.75, 3.05) is 6.54 Å².